The van der Waals surface area contributed by atoms with Gasteiger partial charge < -0.3 is 14.7 Å². The van der Waals surface area contributed by atoms with Crippen LogP contribution in [-0.4, -0.2) is 53.5 Å². The van der Waals surface area contributed by atoms with E-state index < -0.39 is 0 Å². The standard InChI is InChI=1S/C28H27ClFN5O/c1-2-24(36)34-17-28(18-34)12-14-33(16-28)27-31-25(21-9-3-4-11-23(21)30)22-10-6-13-35(26(22)32-27)20-8-5-7-19(29)15-20/h2-5,7-9,11,15H,1,6,10,12-14,16-18H2. The van der Waals surface area contributed by atoms with Gasteiger partial charge in [0.15, 0.2) is 0 Å². The fourth-order valence-electron chi connectivity index (χ4n) is 5.76. The van der Waals surface area contributed by atoms with E-state index in [1.54, 1.807) is 12.1 Å². The molecule has 2 aromatic carbocycles. The highest BCUT2D eigenvalue weighted by molar-refractivity contribution is 6.30. The van der Waals surface area contributed by atoms with Gasteiger partial charge in [-0.15, -0.1) is 0 Å². The molecule has 0 bridgehead atoms. The molecule has 2 saturated heterocycles. The molecule has 2 fully saturated rings. The number of aromatic nitrogens is 2. The summed E-state index contributed by atoms with van der Waals surface area (Å²) in [7, 11) is 0. The zero-order valence-corrected chi connectivity index (χ0v) is 20.7. The van der Waals surface area contributed by atoms with Gasteiger partial charge in [-0.2, -0.15) is 4.98 Å². The minimum atomic E-state index is -0.292. The third-order valence-corrected chi connectivity index (χ3v) is 7.78. The fraction of sp³-hybridized carbons (Fsp3) is 0.321. The van der Waals surface area contributed by atoms with E-state index in [4.69, 9.17) is 21.6 Å². The molecule has 1 amide bonds. The second-order valence-corrected chi connectivity index (χ2v) is 10.4. The average Bonchev–Trinajstić information content (AvgIpc) is 3.33. The highest BCUT2D eigenvalue weighted by atomic mass is 35.5. The van der Waals surface area contributed by atoms with Crippen LogP contribution in [0.5, 0.6) is 0 Å². The Labute approximate surface area is 215 Å². The number of hydrogen-bond acceptors (Lipinski definition) is 5. The van der Waals surface area contributed by atoms with E-state index in [1.165, 1.54) is 12.1 Å². The SMILES string of the molecule is C=CC(=O)N1CC2(CCN(c3nc(-c4ccccc4F)c4c(n3)N(c3cccc(Cl)c3)CCC4)C2)C1. The van der Waals surface area contributed by atoms with Crippen LogP contribution in [0.1, 0.15) is 18.4 Å². The summed E-state index contributed by atoms with van der Waals surface area (Å²) < 4.78 is 15.0. The number of benzene rings is 2. The van der Waals surface area contributed by atoms with Crippen LogP contribution in [0.15, 0.2) is 61.2 Å². The van der Waals surface area contributed by atoms with Gasteiger partial charge in [-0.05, 0) is 55.7 Å². The van der Waals surface area contributed by atoms with Gasteiger partial charge in [0, 0.05) is 60.0 Å². The topological polar surface area (TPSA) is 52.6 Å². The van der Waals surface area contributed by atoms with Crippen molar-refractivity contribution >= 4 is 35.0 Å². The van der Waals surface area contributed by atoms with Crippen molar-refractivity contribution in [3.05, 3.63) is 77.6 Å². The second-order valence-electron chi connectivity index (χ2n) is 9.96. The number of anilines is 3. The molecule has 1 aromatic heterocycles. The zero-order valence-electron chi connectivity index (χ0n) is 20.0. The third kappa shape index (κ3) is 3.91. The van der Waals surface area contributed by atoms with Crippen molar-refractivity contribution in [1.82, 2.24) is 14.9 Å². The van der Waals surface area contributed by atoms with Crippen LogP contribution < -0.4 is 9.80 Å². The summed E-state index contributed by atoms with van der Waals surface area (Å²) in [5.41, 5.74) is 3.10. The van der Waals surface area contributed by atoms with Gasteiger partial charge in [0.1, 0.15) is 11.6 Å². The van der Waals surface area contributed by atoms with E-state index in [0.717, 1.165) is 56.0 Å². The number of carbonyl (C=O) groups is 1. The summed E-state index contributed by atoms with van der Waals surface area (Å²) in [5.74, 6) is 1.10. The second kappa shape index (κ2) is 8.89. The van der Waals surface area contributed by atoms with E-state index in [9.17, 15) is 4.79 Å². The predicted molar refractivity (Wildman–Crippen MR) is 140 cm³/mol. The van der Waals surface area contributed by atoms with Gasteiger partial charge in [0.05, 0.1) is 5.69 Å². The highest BCUT2D eigenvalue weighted by Crippen LogP contribution is 2.43. The molecule has 0 unspecified atom stereocenters. The maximum absolute atomic E-state index is 15.0. The molecule has 0 aliphatic carbocycles. The Hall–Kier alpha value is -3.45. The van der Waals surface area contributed by atoms with Crippen LogP contribution in [0.4, 0.5) is 21.8 Å². The van der Waals surface area contributed by atoms with Crippen LogP contribution in [0.25, 0.3) is 11.3 Å². The number of fused-ring (bicyclic) bond motifs is 1. The number of hydrogen-bond donors (Lipinski definition) is 0. The molecule has 0 radical (unpaired) electrons. The third-order valence-electron chi connectivity index (χ3n) is 7.55. The molecular formula is C28H27ClFN5O. The van der Waals surface area contributed by atoms with E-state index in [1.807, 2.05) is 35.2 Å². The molecule has 0 atom stereocenters. The first-order valence-electron chi connectivity index (χ1n) is 12.3. The lowest BCUT2D eigenvalue weighted by Crippen LogP contribution is -2.59. The summed E-state index contributed by atoms with van der Waals surface area (Å²) in [6.07, 6.45) is 4.02. The predicted octanol–water partition coefficient (Wildman–Crippen LogP) is 5.25. The van der Waals surface area contributed by atoms with Crippen LogP contribution in [0.2, 0.25) is 5.02 Å². The summed E-state index contributed by atoms with van der Waals surface area (Å²) in [5, 5.41) is 0.660. The summed E-state index contributed by atoms with van der Waals surface area (Å²) in [6, 6.07) is 14.6. The minimum Gasteiger partial charge on any atom is -0.340 e. The first kappa shape index (κ1) is 23.0. The molecule has 0 saturated carbocycles. The number of halogens is 2. The average molecular weight is 504 g/mol. The quantitative estimate of drug-likeness (QED) is 0.455. The largest absolute Gasteiger partial charge is 0.340 e. The molecule has 184 valence electrons. The minimum absolute atomic E-state index is 0.0249. The number of amides is 1. The molecule has 0 N–H and O–H groups in total. The zero-order chi connectivity index (χ0) is 24.9. The number of likely N-dealkylation sites (tertiary alicyclic amines) is 1. The van der Waals surface area contributed by atoms with E-state index in [-0.39, 0.29) is 17.1 Å². The van der Waals surface area contributed by atoms with Gasteiger partial charge in [0.25, 0.3) is 0 Å². The lowest BCUT2D eigenvalue weighted by atomic mass is 9.79. The van der Waals surface area contributed by atoms with Crippen molar-refractivity contribution in [2.24, 2.45) is 5.41 Å². The number of rotatable bonds is 4. The maximum Gasteiger partial charge on any atom is 0.245 e. The van der Waals surface area contributed by atoms with E-state index in [2.05, 4.69) is 16.4 Å². The van der Waals surface area contributed by atoms with Gasteiger partial charge in [-0.25, -0.2) is 9.37 Å². The van der Waals surface area contributed by atoms with Crippen molar-refractivity contribution < 1.29 is 9.18 Å². The van der Waals surface area contributed by atoms with Crippen molar-refractivity contribution in [2.75, 3.05) is 42.5 Å². The lowest BCUT2D eigenvalue weighted by Gasteiger charge is -2.47. The Bertz CT molecular complexity index is 1360. The Morgan fingerprint density at radius 2 is 1.92 bits per heavy atom. The fourth-order valence-corrected chi connectivity index (χ4v) is 5.94. The van der Waals surface area contributed by atoms with Crippen LogP contribution in [0, 0.1) is 11.2 Å². The number of nitrogens with zero attached hydrogens (tertiary/aromatic N) is 5. The van der Waals surface area contributed by atoms with E-state index in [0.29, 0.717) is 35.3 Å². The van der Waals surface area contributed by atoms with Crippen LogP contribution >= 0.6 is 11.6 Å². The normalized spacial score (nSPS) is 18.2. The van der Waals surface area contributed by atoms with E-state index >= 15 is 4.39 Å². The molecule has 3 aromatic rings. The molecule has 1 spiro atoms. The Kier molecular flexibility index (Phi) is 5.67. The monoisotopic (exact) mass is 503 g/mol. The smallest absolute Gasteiger partial charge is 0.245 e. The molecule has 4 heterocycles. The Balaban J connectivity index is 1.41. The number of carbonyl (C=O) groups excluding carboxylic acids is 1. The molecule has 36 heavy (non-hydrogen) atoms. The molecule has 3 aliphatic rings. The molecule has 6 rings (SSSR count). The molecular weight excluding hydrogens is 477 g/mol. The molecule has 3 aliphatic heterocycles. The highest BCUT2D eigenvalue weighted by Gasteiger charge is 2.49. The summed E-state index contributed by atoms with van der Waals surface area (Å²) >= 11 is 6.32. The molecule has 6 nitrogen and oxygen atoms in total. The van der Waals surface area contributed by atoms with Gasteiger partial charge in [-0.3, -0.25) is 4.79 Å². The van der Waals surface area contributed by atoms with Crippen LogP contribution in [0.3, 0.4) is 0 Å². The Morgan fingerprint density at radius 3 is 2.69 bits per heavy atom. The van der Waals surface area contributed by atoms with Crippen molar-refractivity contribution in [3.8, 4) is 11.3 Å². The molecule has 8 heteroatoms. The van der Waals surface area contributed by atoms with Crippen LogP contribution in [-0.2, 0) is 11.2 Å². The van der Waals surface area contributed by atoms with Crippen molar-refractivity contribution in [3.63, 3.8) is 0 Å². The first-order valence-corrected chi connectivity index (χ1v) is 12.7. The van der Waals surface area contributed by atoms with Crippen molar-refractivity contribution in [2.45, 2.75) is 19.3 Å². The maximum atomic E-state index is 15.0. The first-order chi connectivity index (χ1) is 17.5. The summed E-state index contributed by atoms with van der Waals surface area (Å²) in [6.45, 7) is 7.39. The lowest BCUT2D eigenvalue weighted by molar-refractivity contribution is -0.136. The summed E-state index contributed by atoms with van der Waals surface area (Å²) in [4.78, 5) is 28.2. The van der Waals surface area contributed by atoms with Gasteiger partial charge in [0.2, 0.25) is 11.9 Å². The van der Waals surface area contributed by atoms with Gasteiger partial charge in [-0.1, -0.05) is 36.4 Å². The Morgan fingerprint density at radius 1 is 1.08 bits per heavy atom. The van der Waals surface area contributed by atoms with Gasteiger partial charge >= 0.3 is 0 Å². The van der Waals surface area contributed by atoms with Crippen molar-refractivity contribution in [1.29, 1.82) is 0 Å².